The molecule has 0 aromatic carbocycles. The molecular formula is C15H26N2O6. The van der Waals surface area contributed by atoms with Crippen LogP contribution in [0.25, 0.3) is 0 Å². The van der Waals surface area contributed by atoms with Crippen molar-refractivity contribution >= 4 is 18.0 Å². The molecule has 1 fully saturated rings. The van der Waals surface area contributed by atoms with Crippen LogP contribution in [0.4, 0.5) is 4.79 Å². The summed E-state index contributed by atoms with van der Waals surface area (Å²) in [6.07, 6.45) is -0.652. The van der Waals surface area contributed by atoms with E-state index in [1.807, 2.05) is 0 Å². The van der Waals surface area contributed by atoms with Crippen LogP contribution in [0, 0.1) is 5.41 Å². The van der Waals surface area contributed by atoms with Gasteiger partial charge < -0.3 is 20.3 Å². The molecular weight excluding hydrogens is 304 g/mol. The molecule has 8 nitrogen and oxygen atoms in total. The number of aliphatic carboxylic acids is 1. The van der Waals surface area contributed by atoms with E-state index in [-0.39, 0.29) is 32.5 Å². The van der Waals surface area contributed by atoms with Gasteiger partial charge in [0.2, 0.25) is 0 Å². The minimum atomic E-state index is -1.14. The van der Waals surface area contributed by atoms with Gasteiger partial charge in [-0.15, -0.1) is 0 Å². The fourth-order valence-electron chi connectivity index (χ4n) is 2.66. The Labute approximate surface area is 135 Å². The summed E-state index contributed by atoms with van der Waals surface area (Å²) in [7, 11) is 0. The summed E-state index contributed by atoms with van der Waals surface area (Å²) in [5, 5.41) is 9.39. The first-order chi connectivity index (χ1) is 10.5. The zero-order valence-electron chi connectivity index (χ0n) is 14.1. The second-order valence-electron chi connectivity index (χ2n) is 6.85. The summed E-state index contributed by atoms with van der Waals surface area (Å²) >= 11 is 0. The molecule has 8 heteroatoms. The summed E-state index contributed by atoms with van der Waals surface area (Å²) in [5.74, 6) is -1.59. The average molecular weight is 330 g/mol. The second-order valence-corrected chi connectivity index (χ2v) is 6.85. The molecule has 1 aliphatic heterocycles. The van der Waals surface area contributed by atoms with Gasteiger partial charge in [0, 0.05) is 18.5 Å². The van der Waals surface area contributed by atoms with E-state index in [0.717, 1.165) is 4.90 Å². The number of carbonyl (C=O) groups is 3. The number of amides is 1. The SMILES string of the molecule is CCOC(=O)CC1(CN)CC(C(=O)O)N(C(=O)OC(C)(C)C)C1. The Morgan fingerprint density at radius 3 is 2.39 bits per heavy atom. The Morgan fingerprint density at radius 1 is 1.35 bits per heavy atom. The number of rotatable bonds is 5. The van der Waals surface area contributed by atoms with Gasteiger partial charge in [-0.3, -0.25) is 9.69 Å². The van der Waals surface area contributed by atoms with Gasteiger partial charge in [0.25, 0.3) is 0 Å². The van der Waals surface area contributed by atoms with E-state index in [2.05, 4.69) is 0 Å². The van der Waals surface area contributed by atoms with Crippen molar-refractivity contribution in [1.29, 1.82) is 0 Å². The molecule has 1 amide bonds. The number of carbonyl (C=O) groups excluding carboxylic acids is 2. The first kappa shape index (κ1) is 19.2. The zero-order chi connectivity index (χ0) is 17.8. The summed E-state index contributed by atoms with van der Waals surface area (Å²) in [4.78, 5) is 36.7. The van der Waals surface area contributed by atoms with Crippen LogP contribution in [-0.4, -0.2) is 59.4 Å². The lowest BCUT2D eigenvalue weighted by atomic mass is 9.82. The highest BCUT2D eigenvalue weighted by Gasteiger charge is 2.50. The van der Waals surface area contributed by atoms with Gasteiger partial charge in [-0.2, -0.15) is 0 Å². The van der Waals surface area contributed by atoms with Crippen LogP contribution in [0.5, 0.6) is 0 Å². The van der Waals surface area contributed by atoms with Gasteiger partial charge in [0.05, 0.1) is 13.0 Å². The number of ether oxygens (including phenoxy) is 2. The standard InChI is InChI=1S/C15H26N2O6/c1-5-22-11(18)7-15(8-16)6-10(12(19)20)17(9-15)13(21)23-14(2,3)4/h10H,5-9,16H2,1-4H3,(H,19,20). The molecule has 0 aliphatic carbocycles. The Morgan fingerprint density at radius 2 is 1.96 bits per heavy atom. The minimum absolute atomic E-state index is 0.0274. The molecule has 1 saturated heterocycles. The van der Waals surface area contributed by atoms with E-state index < -0.39 is 35.1 Å². The number of carboxylic acids is 1. The van der Waals surface area contributed by atoms with E-state index in [1.54, 1.807) is 27.7 Å². The predicted molar refractivity (Wildman–Crippen MR) is 81.7 cm³/mol. The zero-order valence-corrected chi connectivity index (χ0v) is 14.1. The number of likely N-dealkylation sites (tertiary alicyclic amines) is 1. The molecule has 132 valence electrons. The molecule has 0 radical (unpaired) electrons. The number of hydrogen-bond acceptors (Lipinski definition) is 6. The number of hydrogen-bond donors (Lipinski definition) is 2. The maximum atomic E-state index is 12.3. The lowest BCUT2D eigenvalue weighted by molar-refractivity contribution is -0.146. The molecule has 3 N–H and O–H groups in total. The van der Waals surface area contributed by atoms with Crippen molar-refractivity contribution in [3.05, 3.63) is 0 Å². The van der Waals surface area contributed by atoms with Gasteiger partial charge in [-0.1, -0.05) is 0 Å². The van der Waals surface area contributed by atoms with E-state index in [1.165, 1.54) is 0 Å². The largest absolute Gasteiger partial charge is 0.480 e. The van der Waals surface area contributed by atoms with Gasteiger partial charge >= 0.3 is 18.0 Å². The summed E-state index contributed by atoms with van der Waals surface area (Å²) in [6, 6.07) is -1.07. The number of esters is 1. The smallest absolute Gasteiger partial charge is 0.411 e. The number of nitrogens with zero attached hydrogens (tertiary/aromatic N) is 1. The third-order valence-corrected chi connectivity index (χ3v) is 3.68. The van der Waals surface area contributed by atoms with E-state index in [9.17, 15) is 19.5 Å². The van der Waals surface area contributed by atoms with Crippen molar-refractivity contribution in [2.45, 2.75) is 52.2 Å². The fourth-order valence-corrected chi connectivity index (χ4v) is 2.66. The number of nitrogens with two attached hydrogens (primary N) is 1. The van der Waals surface area contributed by atoms with Crippen LogP contribution in [0.3, 0.4) is 0 Å². The highest BCUT2D eigenvalue weighted by molar-refractivity contribution is 5.81. The molecule has 0 aromatic heterocycles. The molecule has 2 atom stereocenters. The first-order valence-electron chi connectivity index (χ1n) is 7.62. The van der Waals surface area contributed by atoms with E-state index in [4.69, 9.17) is 15.2 Å². The highest BCUT2D eigenvalue weighted by atomic mass is 16.6. The van der Waals surface area contributed by atoms with Crippen molar-refractivity contribution in [2.75, 3.05) is 19.7 Å². The van der Waals surface area contributed by atoms with Gasteiger partial charge in [0.15, 0.2) is 0 Å². The first-order valence-corrected chi connectivity index (χ1v) is 7.62. The van der Waals surface area contributed by atoms with Crippen LogP contribution in [0.1, 0.15) is 40.5 Å². The van der Waals surface area contributed by atoms with Crippen LogP contribution in [0.15, 0.2) is 0 Å². The van der Waals surface area contributed by atoms with Crippen LogP contribution in [-0.2, 0) is 19.1 Å². The normalized spacial score (nSPS) is 24.4. The van der Waals surface area contributed by atoms with Crippen molar-refractivity contribution in [3.63, 3.8) is 0 Å². The van der Waals surface area contributed by atoms with Gasteiger partial charge in [0.1, 0.15) is 11.6 Å². The van der Waals surface area contributed by atoms with Crippen molar-refractivity contribution in [3.8, 4) is 0 Å². The van der Waals surface area contributed by atoms with Crippen molar-refractivity contribution < 1.29 is 29.0 Å². The Bertz CT molecular complexity index is 473. The summed E-state index contributed by atoms with van der Waals surface area (Å²) in [5.41, 5.74) is 4.23. The molecule has 0 bridgehead atoms. The Kier molecular flexibility index (Phi) is 5.98. The maximum absolute atomic E-state index is 12.3. The summed E-state index contributed by atoms with van der Waals surface area (Å²) in [6.45, 7) is 7.15. The van der Waals surface area contributed by atoms with Gasteiger partial charge in [-0.05, 0) is 34.1 Å². The quantitative estimate of drug-likeness (QED) is 0.721. The summed E-state index contributed by atoms with van der Waals surface area (Å²) < 4.78 is 10.2. The average Bonchev–Trinajstić information content (AvgIpc) is 2.78. The lowest BCUT2D eigenvalue weighted by Crippen LogP contribution is -2.44. The van der Waals surface area contributed by atoms with E-state index >= 15 is 0 Å². The monoisotopic (exact) mass is 330 g/mol. The molecule has 2 unspecified atom stereocenters. The fraction of sp³-hybridized carbons (Fsp3) is 0.800. The van der Waals surface area contributed by atoms with E-state index in [0.29, 0.717) is 0 Å². The number of carboxylic acid groups (broad SMARTS) is 1. The topological polar surface area (TPSA) is 119 Å². The highest BCUT2D eigenvalue weighted by Crippen LogP contribution is 2.38. The molecule has 1 aliphatic rings. The third kappa shape index (κ3) is 5.09. The molecule has 0 saturated carbocycles. The molecule has 1 rings (SSSR count). The van der Waals surface area contributed by atoms with Crippen LogP contribution < -0.4 is 5.73 Å². The minimum Gasteiger partial charge on any atom is -0.480 e. The lowest BCUT2D eigenvalue weighted by Gasteiger charge is -2.28. The molecule has 1 heterocycles. The Hall–Kier alpha value is -1.83. The maximum Gasteiger partial charge on any atom is 0.411 e. The van der Waals surface area contributed by atoms with Crippen LogP contribution >= 0.6 is 0 Å². The Balaban J connectivity index is 2.96. The van der Waals surface area contributed by atoms with Crippen molar-refractivity contribution in [2.24, 2.45) is 11.1 Å². The molecule has 0 spiro atoms. The predicted octanol–water partition coefficient (Wildman–Crippen LogP) is 0.979. The molecule has 0 aromatic rings. The van der Waals surface area contributed by atoms with Crippen molar-refractivity contribution in [1.82, 2.24) is 4.90 Å². The third-order valence-electron chi connectivity index (χ3n) is 3.68. The molecule has 23 heavy (non-hydrogen) atoms. The van der Waals surface area contributed by atoms with Gasteiger partial charge in [-0.25, -0.2) is 9.59 Å². The van der Waals surface area contributed by atoms with Crippen LogP contribution in [0.2, 0.25) is 0 Å². The second kappa shape index (κ2) is 7.16.